The summed E-state index contributed by atoms with van der Waals surface area (Å²) in [5.41, 5.74) is 1.29. The molecule has 1 aliphatic heterocycles. The van der Waals surface area contributed by atoms with Gasteiger partial charge in [0.2, 0.25) is 5.91 Å². The van der Waals surface area contributed by atoms with E-state index in [1.165, 1.54) is 5.56 Å². The molecule has 1 saturated heterocycles. The molecule has 0 spiro atoms. The van der Waals surface area contributed by atoms with Crippen molar-refractivity contribution in [1.82, 2.24) is 10.2 Å². The largest absolute Gasteiger partial charge is 0.345 e. The Balaban J connectivity index is 0.00000180. The lowest BCUT2D eigenvalue weighted by Crippen LogP contribution is -2.50. The summed E-state index contributed by atoms with van der Waals surface area (Å²) < 4.78 is 0. The normalized spacial score (nSPS) is 16.1. The molecule has 1 unspecified atom stereocenters. The first-order chi connectivity index (χ1) is 8.68. The van der Waals surface area contributed by atoms with Crippen molar-refractivity contribution >= 4 is 18.3 Å². The smallest absolute Gasteiger partial charge is 0.225 e. The zero-order chi connectivity index (χ0) is 13.0. The number of carbonyl (C=O) groups excluding carboxylic acids is 1. The van der Waals surface area contributed by atoms with E-state index in [0.717, 1.165) is 26.1 Å². The number of carbonyl (C=O) groups is 1. The summed E-state index contributed by atoms with van der Waals surface area (Å²) in [6.07, 6.45) is 0.929. The second-order valence-electron chi connectivity index (χ2n) is 5.20. The molecule has 1 amide bonds. The molecule has 2 rings (SSSR count). The Morgan fingerprint density at radius 1 is 1.37 bits per heavy atom. The highest BCUT2D eigenvalue weighted by Gasteiger charge is 2.30. The molecular formula is C15H23ClN2O. The molecule has 19 heavy (non-hydrogen) atoms. The molecule has 106 valence electrons. The van der Waals surface area contributed by atoms with Crippen LogP contribution in [0.5, 0.6) is 0 Å². The molecule has 0 radical (unpaired) electrons. The number of likely N-dealkylation sites (N-methyl/N-ethyl adjacent to an activating group) is 1. The van der Waals surface area contributed by atoms with Gasteiger partial charge in [0.25, 0.3) is 0 Å². The SMILES string of the molecule is CC(C(=O)N(C)CCc1ccccc1)C1CNC1.Cl. The Labute approximate surface area is 121 Å². The van der Waals surface area contributed by atoms with Crippen molar-refractivity contribution in [3.8, 4) is 0 Å². The minimum atomic E-state index is 0. The van der Waals surface area contributed by atoms with Crippen LogP contribution in [0, 0.1) is 11.8 Å². The van der Waals surface area contributed by atoms with Crippen LogP contribution in [0.3, 0.4) is 0 Å². The third-order valence-corrected chi connectivity index (χ3v) is 3.86. The Bertz CT molecular complexity index is 392. The molecule has 1 atom stereocenters. The zero-order valence-corrected chi connectivity index (χ0v) is 12.5. The van der Waals surface area contributed by atoms with Gasteiger partial charge in [0.1, 0.15) is 0 Å². The molecule has 0 aliphatic carbocycles. The fourth-order valence-corrected chi connectivity index (χ4v) is 2.27. The van der Waals surface area contributed by atoms with Crippen LogP contribution in [0.4, 0.5) is 0 Å². The maximum atomic E-state index is 12.2. The fourth-order valence-electron chi connectivity index (χ4n) is 2.27. The predicted octanol–water partition coefficient (Wildman–Crippen LogP) is 1.96. The molecule has 1 aromatic carbocycles. The van der Waals surface area contributed by atoms with Crippen LogP contribution < -0.4 is 5.32 Å². The predicted molar refractivity (Wildman–Crippen MR) is 80.6 cm³/mol. The van der Waals surface area contributed by atoms with Gasteiger partial charge < -0.3 is 10.2 Å². The third kappa shape index (κ3) is 4.22. The second-order valence-corrected chi connectivity index (χ2v) is 5.20. The summed E-state index contributed by atoms with van der Waals surface area (Å²) in [6.45, 7) is 4.82. The molecule has 0 saturated carbocycles. The zero-order valence-electron chi connectivity index (χ0n) is 11.6. The van der Waals surface area contributed by atoms with Crippen molar-refractivity contribution in [3.63, 3.8) is 0 Å². The molecule has 1 N–H and O–H groups in total. The average Bonchev–Trinajstić information content (AvgIpc) is 2.34. The number of hydrogen-bond donors (Lipinski definition) is 1. The van der Waals surface area contributed by atoms with E-state index < -0.39 is 0 Å². The molecule has 0 bridgehead atoms. The van der Waals surface area contributed by atoms with Crippen LogP contribution in [-0.4, -0.2) is 37.5 Å². The van der Waals surface area contributed by atoms with Gasteiger partial charge in [-0.25, -0.2) is 0 Å². The summed E-state index contributed by atoms with van der Waals surface area (Å²) >= 11 is 0. The van der Waals surface area contributed by atoms with E-state index in [1.807, 2.05) is 37.1 Å². The van der Waals surface area contributed by atoms with Crippen molar-refractivity contribution < 1.29 is 4.79 Å². The van der Waals surface area contributed by atoms with Crippen LogP contribution in [-0.2, 0) is 11.2 Å². The Kier molecular flexibility index (Phi) is 6.32. The summed E-state index contributed by atoms with van der Waals surface area (Å²) in [7, 11) is 1.91. The van der Waals surface area contributed by atoms with E-state index in [1.54, 1.807) is 0 Å². The molecule has 4 heteroatoms. The minimum absolute atomic E-state index is 0. The van der Waals surface area contributed by atoms with Gasteiger partial charge in [0, 0.05) is 19.5 Å². The maximum Gasteiger partial charge on any atom is 0.225 e. The fraction of sp³-hybridized carbons (Fsp3) is 0.533. The lowest BCUT2D eigenvalue weighted by molar-refractivity contribution is -0.136. The standard InChI is InChI=1S/C15H22N2O.ClH/c1-12(14-10-16-11-14)15(18)17(2)9-8-13-6-4-3-5-7-13;/h3-7,12,14,16H,8-11H2,1-2H3;1H. The Morgan fingerprint density at radius 2 is 2.00 bits per heavy atom. The average molecular weight is 283 g/mol. The van der Waals surface area contributed by atoms with Crippen LogP contribution >= 0.6 is 12.4 Å². The number of hydrogen-bond acceptors (Lipinski definition) is 2. The van der Waals surface area contributed by atoms with Gasteiger partial charge >= 0.3 is 0 Å². The minimum Gasteiger partial charge on any atom is -0.345 e. The number of amides is 1. The first-order valence-corrected chi connectivity index (χ1v) is 6.68. The van der Waals surface area contributed by atoms with Gasteiger partial charge in [-0.15, -0.1) is 12.4 Å². The van der Waals surface area contributed by atoms with Gasteiger partial charge in [-0.1, -0.05) is 37.3 Å². The third-order valence-electron chi connectivity index (χ3n) is 3.86. The first-order valence-electron chi connectivity index (χ1n) is 6.68. The lowest BCUT2D eigenvalue weighted by atomic mass is 9.88. The van der Waals surface area contributed by atoms with Crippen molar-refractivity contribution in [2.24, 2.45) is 11.8 Å². The Morgan fingerprint density at radius 3 is 2.53 bits per heavy atom. The highest BCUT2D eigenvalue weighted by Crippen LogP contribution is 2.18. The molecule has 1 aliphatic rings. The molecule has 3 nitrogen and oxygen atoms in total. The van der Waals surface area contributed by atoms with Crippen LogP contribution in [0.2, 0.25) is 0 Å². The monoisotopic (exact) mass is 282 g/mol. The molecule has 1 fully saturated rings. The van der Waals surface area contributed by atoms with Crippen LogP contribution in [0.25, 0.3) is 0 Å². The van der Waals surface area contributed by atoms with Gasteiger partial charge in [-0.3, -0.25) is 4.79 Å². The second kappa shape index (κ2) is 7.51. The number of nitrogens with zero attached hydrogens (tertiary/aromatic N) is 1. The topological polar surface area (TPSA) is 32.3 Å². The van der Waals surface area contributed by atoms with Crippen molar-refractivity contribution in [3.05, 3.63) is 35.9 Å². The van der Waals surface area contributed by atoms with Crippen LogP contribution in [0.1, 0.15) is 12.5 Å². The van der Waals surface area contributed by atoms with Gasteiger partial charge in [0.05, 0.1) is 0 Å². The first kappa shape index (κ1) is 16.0. The lowest BCUT2D eigenvalue weighted by Gasteiger charge is -2.34. The van der Waals surface area contributed by atoms with E-state index in [9.17, 15) is 4.79 Å². The highest BCUT2D eigenvalue weighted by atomic mass is 35.5. The molecule has 0 aromatic heterocycles. The van der Waals surface area contributed by atoms with E-state index >= 15 is 0 Å². The highest BCUT2D eigenvalue weighted by molar-refractivity contribution is 5.85. The van der Waals surface area contributed by atoms with Gasteiger partial charge in [-0.2, -0.15) is 0 Å². The van der Waals surface area contributed by atoms with E-state index in [0.29, 0.717) is 5.92 Å². The summed E-state index contributed by atoms with van der Waals surface area (Å²) in [5, 5.41) is 3.22. The molecule has 1 heterocycles. The van der Waals surface area contributed by atoms with E-state index in [-0.39, 0.29) is 24.2 Å². The molecule has 1 aromatic rings. The number of halogens is 1. The Hall–Kier alpha value is -1.06. The maximum absolute atomic E-state index is 12.2. The van der Waals surface area contributed by atoms with Crippen molar-refractivity contribution in [2.75, 3.05) is 26.7 Å². The van der Waals surface area contributed by atoms with Crippen LogP contribution in [0.15, 0.2) is 30.3 Å². The summed E-state index contributed by atoms with van der Waals surface area (Å²) in [6, 6.07) is 10.3. The van der Waals surface area contributed by atoms with E-state index in [4.69, 9.17) is 0 Å². The number of benzene rings is 1. The van der Waals surface area contributed by atoms with Gasteiger partial charge in [0.15, 0.2) is 0 Å². The number of nitrogens with one attached hydrogen (secondary N) is 1. The summed E-state index contributed by atoms with van der Waals surface area (Å²) in [5.74, 6) is 0.945. The molecular weight excluding hydrogens is 260 g/mol. The summed E-state index contributed by atoms with van der Waals surface area (Å²) in [4.78, 5) is 14.1. The number of rotatable bonds is 5. The van der Waals surface area contributed by atoms with Gasteiger partial charge in [-0.05, 0) is 31.0 Å². The quantitative estimate of drug-likeness (QED) is 0.895. The van der Waals surface area contributed by atoms with Crippen molar-refractivity contribution in [1.29, 1.82) is 0 Å². The van der Waals surface area contributed by atoms with E-state index in [2.05, 4.69) is 17.4 Å². The van der Waals surface area contributed by atoms with Crippen molar-refractivity contribution in [2.45, 2.75) is 13.3 Å².